The molecular weight excluding hydrogens is 601 g/mol. The molecule has 0 radical (unpaired) electrons. The number of halogens is 3. The minimum absolute atomic E-state index is 0.0843. The number of aromatic nitrogens is 3. The van der Waals surface area contributed by atoms with Crippen LogP contribution in [0.1, 0.15) is 43.4 Å². The molecule has 1 aromatic heterocycles. The number of nitrogens with zero attached hydrogens (tertiary/aromatic N) is 5. The van der Waals surface area contributed by atoms with Crippen LogP contribution in [0.3, 0.4) is 0 Å². The highest BCUT2D eigenvalue weighted by Crippen LogP contribution is 2.34. The molecule has 2 heterocycles. The minimum atomic E-state index is -4.75. The third-order valence-corrected chi connectivity index (χ3v) is 9.13. The Morgan fingerprint density at radius 2 is 1.82 bits per heavy atom. The quantitative estimate of drug-likeness (QED) is 0.238. The molecule has 2 amide bonds. The van der Waals surface area contributed by atoms with Crippen LogP contribution in [-0.2, 0) is 12.8 Å². The summed E-state index contributed by atoms with van der Waals surface area (Å²) in [5.41, 5.74) is 5.93. The monoisotopic (exact) mass is 634 g/mol. The van der Waals surface area contributed by atoms with Crippen LogP contribution in [-0.4, -0.2) is 50.7 Å². The number of carbonyl (C=O) groups excluding carboxylic acids is 1. The summed E-state index contributed by atoms with van der Waals surface area (Å²) in [7, 11) is 0. The van der Waals surface area contributed by atoms with E-state index in [2.05, 4.69) is 62.9 Å². The number of thioether (sulfide) groups is 1. The summed E-state index contributed by atoms with van der Waals surface area (Å²) in [5, 5.41) is 8.35. The van der Waals surface area contributed by atoms with Crippen LogP contribution in [0.4, 0.5) is 23.7 Å². The first-order valence-electron chi connectivity index (χ1n) is 14.8. The summed E-state index contributed by atoms with van der Waals surface area (Å²) in [6.45, 7) is 7.37. The Labute approximate surface area is 263 Å². The summed E-state index contributed by atoms with van der Waals surface area (Å²) in [4.78, 5) is 24.3. The molecule has 1 saturated heterocycles. The van der Waals surface area contributed by atoms with Gasteiger partial charge in [0, 0.05) is 29.6 Å². The Morgan fingerprint density at radius 3 is 2.58 bits per heavy atom. The first kappa shape index (κ1) is 30.7. The van der Waals surface area contributed by atoms with E-state index in [-0.39, 0.29) is 17.8 Å². The summed E-state index contributed by atoms with van der Waals surface area (Å²) in [6, 6.07) is 19.3. The molecule has 1 aliphatic carbocycles. The number of urea groups is 1. The molecule has 1 aliphatic heterocycles. The number of rotatable bonds is 6. The zero-order valence-corrected chi connectivity index (χ0v) is 25.9. The molecule has 6 rings (SSSR count). The van der Waals surface area contributed by atoms with Crippen LogP contribution >= 0.6 is 11.8 Å². The smallest absolute Gasteiger partial charge is 0.406 e. The number of ether oxygens (including phenoxy) is 1. The first-order valence-corrected chi connectivity index (χ1v) is 15.8. The topological polar surface area (TPSA) is 84.6 Å². The number of benzene rings is 3. The predicted octanol–water partition coefficient (Wildman–Crippen LogP) is 7.38. The van der Waals surface area contributed by atoms with Crippen molar-refractivity contribution >= 4 is 28.6 Å². The average molecular weight is 635 g/mol. The Bertz CT molecular complexity index is 1720. The van der Waals surface area contributed by atoms with Gasteiger partial charge in [-0.1, -0.05) is 62.9 Å². The van der Waals surface area contributed by atoms with E-state index in [1.54, 1.807) is 11.8 Å². The molecular formula is C33H33F3N6O2S. The zero-order chi connectivity index (χ0) is 31.7. The van der Waals surface area contributed by atoms with Crippen molar-refractivity contribution in [1.82, 2.24) is 20.1 Å². The highest BCUT2D eigenvalue weighted by molar-refractivity contribution is 8.14. The molecule has 0 saturated carbocycles. The van der Waals surface area contributed by atoms with E-state index in [9.17, 15) is 18.0 Å². The van der Waals surface area contributed by atoms with Gasteiger partial charge in [-0.05, 0) is 77.8 Å². The maximum Gasteiger partial charge on any atom is 0.573 e. The summed E-state index contributed by atoms with van der Waals surface area (Å²) in [6.07, 6.45) is -1.88. The Morgan fingerprint density at radius 1 is 1.07 bits per heavy atom. The standard InChI is InChI=1S/C33H33F3N6O2S/c1-20(2)28-6-4-5-7-29(28)41-17-21(3)18-45-32(41)39-31(43)38-25-15-22-8-9-23(14-24(22)16-25)30-37-19-42(40-30)26-10-12-27(13-11-26)44-33(34,35)36/h4-14,19-21,25H,15-18H2,1-3H3,(H,38,43). The van der Waals surface area contributed by atoms with Gasteiger partial charge in [0.05, 0.1) is 5.69 Å². The summed E-state index contributed by atoms with van der Waals surface area (Å²) < 4.78 is 42.8. The molecule has 45 heavy (non-hydrogen) atoms. The maximum absolute atomic E-state index is 13.2. The molecule has 3 aromatic carbocycles. The highest BCUT2D eigenvalue weighted by atomic mass is 32.2. The van der Waals surface area contributed by atoms with E-state index >= 15 is 0 Å². The molecule has 8 nitrogen and oxygen atoms in total. The third kappa shape index (κ3) is 7.16. The van der Waals surface area contributed by atoms with Crippen molar-refractivity contribution < 1.29 is 22.7 Å². The number of carbonyl (C=O) groups is 1. The van der Waals surface area contributed by atoms with Crippen LogP contribution in [0.15, 0.2) is 78.0 Å². The SMILES string of the molecule is CC1CSC(=NC(=O)NC2Cc3ccc(-c4ncn(-c5ccc(OC(F)(F)F)cc5)n4)cc3C2)N(c2ccccc2C(C)C)C1. The number of anilines is 1. The molecule has 234 valence electrons. The molecule has 0 spiro atoms. The number of para-hydroxylation sites is 1. The van der Waals surface area contributed by atoms with Gasteiger partial charge in [-0.2, -0.15) is 4.99 Å². The summed E-state index contributed by atoms with van der Waals surface area (Å²) >= 11 is 1.62. The largest absolute Gasteiger partial charge is 0.573 e. The number of nitrogens with one attached hydrogen (secondary N) is 1. The lowest BCUT2D eigenvalue weighted by molar-refractivity contribution is -0.274. The van der Waals surface area contributed by atoms with Crippen LogP contribution in [0.25, 0.3) is 17.1 Å². The fourth-order valence-corrected chi connectivity index (χ4v) is 6.74. The second-order valence-electron chi connectivity index (χ2n) is 11.7. The Hall–Kier alpha value is -4.32. The van der Waals surface area contributed by atoms with Crippen LogP contribution in [0.5, 0.6) is 5.75 Å². The van der Waals surface area contributed by atoms with Gasteiger partial charge in [0.25, 0.3) is 0 Å². The molecule has 12 heteroatoms. The normalized spacial score (nSPS) is 19.2. The predicted molar refractivity (Wildman–Crippen MR) is 170 cm³/mol. The molecule has 1 N–H and O–H groups in total. The van der Waals surface area contributed by atoms with Gasteiger partial charge < -0.3 is 15.0 Å². The average Bonchev–Trinajstić information content (AvgIpc) is 3.64. The number of alkyl halides is 3. The lowest BCUT2D eigenvalue weighted by atomic mass is 10.00. The minimum Gasteiger partial charge on any atom is -0.406 e. The fraction of sp³-hybridized carbons (Fsp3) is 0.333. The Kier molecular flexibility index (Phi) is 8.59. The first-order chi connectivity index (χ1) is 21.5. The van der Waals surface area contributed by atoms with Crippen LogP contribution in [0, 0.1) is 5.92 Å². The van der Waals surface area contributed by atoms with Crippen molar-refractivity contribution in [2.75, 3.05) is 17.2 Å². The number of amidine groups is 1. The van der Waals surface area contributed by atoms with E-state index < -0.39 is 6.36 Å². The molecule has 0 bridgehead atoms. The molecule has 2 aliphatic rings. The second-order valence-corrected chi connectivity index (χ2v) is 12.7. The molecule has 2 unspecified atom stereocenters. The molecule has 4 aromatic rings. The number of aliphatic imine (C=N–C) groups is 1. The third-order valence-electron chi connectivity index (χ3n) is 7.82. The van der Waals surface area contributed by atoms with E-state index in [0.717, 1.165) is 39.8 Å². The van der Waals surface area contributed by atoms with Crippen LogP contribution < -0.4 is 15.0 Å². The van der Waals surface area contributed by atoms with Gasteiger partial charge in [-0.15, -0.1) is 18.3 Å². The number of amides is 2. The van der Waals surface area contributed by atoms with E-state index in [4.69, 9.17) is 0 Å². The van der Waals surface area contributed by atoms with Gasteiger partial charge in [0.15, 0.2) is 11.0 Å². The number of hydrogen-bond donors (Lipinski definition) is 1. The van der Waals surface area contributed by atoms with Gasteiger partial charge in [-0.3, -0.25) is 0 Å². The van der Waals surface area contributed by atoms with Crippen molar-refractivity contribution in [2.24, 2.45) is 10.9 Å². The van der Waals surface area contributed by atoms with Crippen molar-refractivity contribution in [2.45, 2.75) is 51.9 Å². The van der Waals surface area contributed by atoms with Crippen molar-refractivity contribution in [3.63, 3.8) is 0 Å². The van der Waals surface area contributed by atoms with E-state index in [0.29, 0.717) is 36.2 Å². The number of fused-ring (bicyclic) bond motifs is 1. The van der Waals surface area contributed by atoms with Gasteiger partial charge in [0.2, 0.25) is 0 Å². The fourth-order valence-electron chi connectivity index (χ4n) is 5.73. The van der Waals surface area contributed by atoms with Crippen LogP contribution in [0.2, 0.25) is 0 Å². The van der Waals surface area contributed by atoms with E-state index in [1.165, 1.54) is 40.8 Å². The van der Waals surface area contributed by atoms with Gasteiger partial charge in [0.1, 0.15) is 12.1 Å². The maximum atomic E-state index is 13.2. The van der Waals surface area contributed by atoms with Gasteiger partial charge in [-0.25, -0.2) is 14.5 Å². The van der Waals surface area contributed by atoms with E-state index in [1.807, 2.05) is 30.3 Å². The lowest BCUT2D eigenvalue weighted by Gasteiger charge is -2.35. The highest BCUT2D eigenvalue weighted by Gasteiger charge is 2.31. The zero-order valence-electron chi connectivity index (χ0n) is 25.1. The molecule has 2 atom stereocenters. The summed E-state index contributed by atoms with van der Waals surface area (Å²) in [5.74, 6) is 1.90. The van der Waals surface area contributed by atoms with Crippen molar-refractivity contribution in [1.29, 1.82) is 0 Å². The number of hydrogen-bond acceptors (Lipinski definition) is 5. The Balaban J connectivity index is 1.12. The van der Waals surface area contributed by atoms with Gasteiger partial charge >= 0.3 is 12.4 Å². The van der Waals surface area contributed by atoms with Crippen molar-refractivity contribution in [3.05, 3.63) is 89.7 Å². The second kappa shape index (κ2) is 12.6. The lowest BCUT2D eigenvalue weighted by Crippen LogP contribution is -2.41. The molecule has 1 fully saturated rings. The van der Waals surface area contributed by atoms with Crippen molar-refractivity contribution in [3.8, 4) is 22.8 Å².